The van der Waals surface area contributed by atoms with Crippen LogP contribution in [0.25, 0.3) is 6.08 Å². The van der Waals surface area contributed by atoms with E-state index in [1.165, 1.54) is 32.4 Å². The van der Waals surface area contributed by atoms with Gasteiger partial charge in [-0.15, -0.1) is 0 Å². The summed E-state index contributed by atoms with van der Waals surface area (Å²) in [7, 11) is 1.50. The standard InChI is InChI=1S/C18H26N2O3/c1-23-17-13-14(7-9-16(17)21)8-10-18(22)20-11-3-2-5-15-6-4-12-19-15/h7-10,13,15,19,21H,2-6,11-12H2,1H3,(H,20,22)/b10-8+. The van der Waals surface area contributed by atoms with Crippen molar-refractivity contribution in [2.45, 2.75) is 38.1 Å². The number of benzene rings is 1. The van der Waals surface area contributed by atoms with Crippen molar-refractivity contribution < 1.29 is 14.6 Å². The number of unbranched alkanes of at least 4 members (excludes halogenated alkanes) is 1. The monoisotopic (exact) mass is 318 g/mol. The van der Waals surface area contributed by atoms with Gasteiger partial charge in [0.15, 0.2) is 11.5 Å². The topological polar surface area (TPSA) is 70.6 Å². The minimum Gasteiger partial charge on any atom is -0.504 e. The van der Waals surface area contributed by atoms with Gasteiger partial charge >= 0.3 is 0 Å². The summed E-state index contributed by atoms with van der Waals surface area (Å²) in [5.41, 5.74) is 0.808. The Labute approximate surface area is 137 Å². The number of rotatable bonds is 8. The molecule has 5 heteroatoms. The van der Waals surface area contributed by atoms with E-state index in [-0.39, 0.29) is 11.7 Å². The van der Waals surface area contributed by atoms with Crippen LogP contribution in [0.2, 0.25) is 0 Å². The number of methoxy groups -OCH3 is 1. The normalized spacial score (nSPS) is 17.5. The molecule has 1 aromatic rings. The minimum absolute atomic E-state index is 0.0888. The maximum atomic E-state index is 11.8. The zero-order valence-electron chi connectivity index (χ0n) is 13.7. The molecule has 5 nitrogen and oxygen atoms in total. The third-order valence-corrected chi connectivity index (χ3v) is 4.07. The molecule has 0 saturated carbocycles. The molecule has 0 bridgehead atoms. The summed E-state index contributed by atoms with van der Waals surface area (Å²) in [5, 5.41) is 15.9. The molecule has 1 amide bonds. The highest BCUT2D eigenvalue weighted by molar-refractivity contribution is 5.91. The van der Waals surface area contributed by atoms with Crippen LogP contribution in [0, 0.1) is 0 Å². The van der Waals surface area contributed by atoms with Gasteiger partial charge in [0.05, 0.1) is 7.11 Å². The van der Waals surface area contributed by atoms with E-state index in [9.17, 15) is 9.90 Å². The van der Waals surface area contributed by atoms with E-state index in [2.05, 4.69) is 10.6 Å². The number of nitrogens with one attached hydrogen (secondary N) is 2. The molecule has 1 aliphatic rings. The lowest BCUT2D eigenvalue weighted by Crippen LogP contribution is -2.24. The Bertz CT molecular complexity index is 537. The minimum atomic E-state index is -0.101. The van der Waals surface area contributed by atoms with Crippen molar-refractivity contribution in [3.63, 3.8) is 0 Å². The van der Waals surface area contributed by atoms with Crippen LogP contribution in [-0.4, -0.2) is 37.3 Å². The molecule has 1 saturated heterocycles. The van der Waals surface area contributed by atoms with Crippen molar-refractivity contribution in [3.05, 3.63) is 29.8 Å². The molecule has 1 heterocycles. The quantitative estimate of drug-likeness (QED) is 0.509. The van der Waals surface area contributed by atoms with Gasteiger partial charge in [0.1, 0.15) is 0 Å². The lowest BCUT2D eigenvalue weighted by atomic mass is 10.1. The first-order valence-corrected chi connectivity index (χ1v) is 8.25. The fourth-order valence-electron chi connectivity index (χ4n) is 2.76. The summed E-state index contributed by atoms with van der Waals surface area (Å²) in [5.74, 6) is 0.384. The number of aromatic hydroxyl groups is 1. The highest BCUT2D eigenvalue weighted by Crippen LogP contribution is 2.26. The van der Waals surface area contributed by atoms with Crippen molar-refractivity contribution in [2.24, 2.45) is 0 Å². The predicted molar refractivity (Wildman–Crippen MR) is 91.6 cm³/mol. The Balaban J connectivity index is 1.65. The smallest absolute Gasteiger partial charge is 0.243 e. The molecule has 126 valence electrons. The van der Waals surface area contributed by atoms with E-state index in [4.69, 9.17) is 4.74 Å². The lowest BCUT2D eigenvalue weighted by molar-refractivity contribution is -0.116. The van der Waals surface area contributed by atoms with Crippen molar-refractivity contribution in [1.29, 1.82) is 0 Å². The van der Waals surface area contributed by atoms with Gasteiger partial charge in [-0.25, -0.2) is 0 Å². The van der Waals surface area contributed by atoms with Gasteiger partial charge in [0, 0.05) is 18.7 Å². The molecule has 0 spiro atoms. The highest BCUT2D eigenvalue weighted by Gasteiger charge is 2.12. The molecule has 23 heavy (non-hydrogen) atoms. The Morgan fingerprint density at radius 3 is 3.09 bits per heavy atom. The van der Waals surface area contributed by atoms with E-state index in [0.717, 1.165) is 24.9 Å². The first-order chi connectivity index (χ1) is 11.2. The number of carbonyl (C=O) groups is 1. The second-order valence-electron chi connectivity index (χ2n) is 5.84. The molecule has 0 aromatic heterocycles. The molecule has 1 aromatic carbocycles. The molecular weight excluding hydrogens is 292 g/mol. The number of carbonyl (C=O) groups excluding carboxylic acids is 1. The molecule has 0 aliphatic carbocycles. The average molecular weight is 318 g/mol. The Morgan fingerprint density at radius 1 is 1.48 bits per heavy atom. The van der Waals surface area contributed by atoms with E-state index < -0.39 is 0 Å². The van der Waals surface area contributed by atoms with Gasteiger partial charge in [-0.3, -0.25) is 4.79 Å². The third-order valence-electron chi connectivity index (χ3n) is 4.07. The Kier molecular flexibility index (Phi) is 6.94. The number of amides is 1. The Morgan fingerprint density at radius 2 is 2.35 bits per heavy atom. The van der Waals surface area contributed by atoms with Crippen molar-refractivity contribution in [3.8, 4) is 11.5 Å². The maximum absolute atomic E-state index is 11.8. The van der Waals surface area contributed by atoms with Crippen LogP contribution in [0.1, 0.15) is 37.7 Å². The van der Waals surface area contributed by atoms with Crippen molar-refractivity contribution in [1.82, 2.24) is 10.6 Å². The molecule has 1 aliphatic heterocycles. The van der Waals surface area contributed by atoms with Crippen molar-refractivity contribution >= 4 is 12.0 Å². The molecule has 2 rings (SSSR count). The summed E-state index contributed by atoms with van der Waals surface area (Å²) >= 11 is 0. The van der Waals surface area contributed by atoms with Crippen LogP contribution in [0.3, 0.4) is 0 Å². The number of ether oxygens (including phenoxy) is 1. The maximum Gasteiger partial charge on any atom is 0.243 e. The van der Waals surface area contributed by atoms with E-state index in [0.29, 0.717) is 18.3 Å². The van der Waals surface area contributed by atoms with Crippen molar-refractivity contribution in [2.75, 3.05) is 20.2 Å². The second kappa shape index (κ2) is 9.20. The lowest BCUT2D eigenvalue weighted by Gasteiger charge is -2.09. The SMILES string of the molecule is COc1cc(/C=C/C(=O)NCCCCC2CCCN2)ccc1O. The highest BCUT2D eigenvalue weighted by atomic mass is 16.5. The second-order valence-corrected chi connectivity index (χ2v) is 5.84. The molecular formula is C18H26N2O3. The van der Waals surface area contributed by atoms with Gasteiger partial charge in [0.2, 0.25) is 5.91 Å². The largest absolute Gasteiger partial charge is 0.504 e. The third kappa shape index (κ3) is 5.94. The zero-order chi connectivity index (χ0) is 16.5. The molecule has 0 radical (unpaired) electrons. The first-order valence-electron chi connectivity index (χ1n) is 8.25. The Hall–Kier alpha value is -2.01. The molecule has 1 unspecified atom stereocenters. The van der Waals surface area contributed by atoms with Crippen LogP contribution in [0.4, 0.5) is 0 Å². The van der Waals surface area contributed by atoms with Gasteiger partial charge in [0.25, 0.3) is 0 Å². The summed E-state index contributed by atoms with van der Waals surface area (Å²) < 4.78 is 5.04. The average Bonchev–Trinajstić information content (AvgIpc) is 3.07. The predicted octanol–water partition coefficient (Wildman–Crippen LogP) is 2.45. The first kappa shape index (κ1) is 17.3. The van der Waals surface area contributed by atoms with E-state index >= 15 is 0 Å². The molecule has 3 N–H and O–H groups in total. The van der Waals surface area contributed by atoms with E-state index in [1.807, 2.05) is 0 Å². The number of hydrogen-bond acceptors (Lipinski definition) is 4. The fraction of sp³-hybridized carbons (Fsp3) is 0.500. The number of phenolic OH excluding ortho intramolecular Hbond substituents is 1. The summed E-state index contributed by atoms with van der Waals surface area (Å²) in [6, 6.07) is 5.65. The van der Waals surface area contributed by atoms with Crippen LogP contribution in [0.5, 0.6) is 11.5 Å². The number of hydrogen-bond donors (Lipinski definition) is 3. The summed E-state index contributed by atoms with van der Waals surface area (Å²) in [4.78, 5) is 11.8. The number of phenols is 1. The van der Waals surface area contributed by atoms with Crippen LogP contribution < -0.4 is 15.4 Å². The van der Waals surface area contributed by atoms with Crippen LogP contribution >= 0.6 is 0 Å². The van der Waals surface area contributed by atoms with Gasteiger partial charge in [-0.1, -0.05) is 12.5 Å². The van der Waals surface area contributed by atoms with E-state index in [1.54, 1.807) is 24.3 Å². The zero-order valence-corrected chi connectivity index (χ0v) is 13.7. The molecule has 1 fully saturated rings. The summed E-state index contributed by atoms with van der Waals surface area (Å²) in [6.45, 7) is 1.85. The van der Waals surface area contributed by atoms with Crippen LogP contribution in [0.15, 0.2) is 24.3 Å². The van der Waals surface area contributed by atoms with Crippen LogP contribution in [-0.2, 0) is 4.79 Å². The summed E-state index contributed by atoms with van der Waals surface area (Å²) in [6.07, 6.45) is 9.12. The molecule has 1 atom stereocenters. The fourth-order valence-corrected chi connectivity index (χ4v) is 2.76. The van der Waals surface area contributed by atoms with Gasteiger partial charge in [-0.05, 0) is 56.0 Å². The van der Waals surface area contributed by atoms with Gasteiger partial charge in [-0.2, -0.15) is 0 Å². The van der Waals surface area contributed by atoms with Gasteiger partial charge < -0.3 is 20.5 Å².